The predicted octanol–water partition coefficient (Wildman–Crippen LogP) is 2.25. The maximum absolute atomic E-state index is 12.3. The number of carbonyl (C=O) groups excluding carboxylic acids is 1. The average Bonchev–Trinajstić information content (AvgIpc) is 2.85. The van der Waals surface area contributed by atoms with E-state index in [0.29, 0.717) is 11.4 Å². The molecule has 19 heavy (non-hydrogen) atoms. The zero-order chi connectivity index (χ0) is 14.0. The van der Waals surface area contributed by atoms with Gasteiger partial charge in [0.1, 0.15) is 0 Å². The van der Waals surface area contributed by atoms with Gasteiger partial charge in [-0.1, -0.05) is 33.6 Å². The highest BCUT2D eigenvalue weighted by atomic mass is 16.2. The molecule has 0 radical (unpaired) electrons. The first-order chi connectivity index (χ1) is 8.95. The summed E-state index contributed by atoms with van der Waals surface area (Å²) >= 11 is 0. The molecule has 1 aromatic heterocycles. The summed E-state index contributed by atoms with van der Waals surface area (Å²) in [6, 6.07) is 0.214. The number of rotatable bonds is 4. The molecule has 1 atom stereocenters. The second-order valence-corrected chi connectivity index (χ2v) is 6.12. The van der Waals surface area contributed by atoms with E-state index in [9.17, 15) is 4.79 Å². The molecule has 2 rings (SSSR count). The quantitative estimate of drug-likeness (QED) is 0.780. The van der Waals surface area contributed by atoms with Crippen LogP contribution in [0, 0.1) is 5.41 Å². The number of nitrogens with zero attached hydrogens (tertiary/aromatic N) is 1. The van der Waals surface area contributed by atoms with Crippen molar-refractivity contribution in [3.8, 4) is 0 Å². The molecule has 0 aromatic carbocycles. The van der Waals surface area contributed by atoms with E-state index in [4.69, 9.17) is 5.73 Å². The Labute approximate surface area is 114 Å². The number of aryl methyl sites for hydroxylation is 1. The molecule has 0 aliphatic heterocycles. The number of nitrogens with two attached hydrogens (primary N) is 1. The molecule has 0 bridgehead atoms. The summed E-state index contributed by atoms with van der Waals surface area (Å²) in [6.07, 6.45) is 5.14. The first-order valence-corrected chi connectivity index (χ1v) is 7.09. The summed E-state index contributed by atoms with van der Waals surface area (Å²) in [5, 5.41) is 10.0. The van der Waals surface area contributed by atoms with Gasteiger partial charge in [0, 0.05) is 6.04 Å². The first kappa shape index (κ1) is 13.9. The second kappa shape index (κ2) is 5.23. The monoisotopic (exact) mass is 264 g/mol. The van der Waals surface area contributed by atoms with Crippen molar-refractivity contribution in [2.75, 3.05) is 5.73 Å². The van der Waals surface area contributed by atoms with Crippen LogP contribution in [0.15, 0.2) is 0 Å². The fourth-order valence-electron chi connectivity index (χ4n) is 2.82. The fraction of sp³-hybridized carbons (Fsp3) is 0.714. The number of amides is 1. The Morgan fingerprint density at radius 1 is 1.58 bits per heavy atom. The third-order valence-electron chi connectivity index (χ3n) is 4.16. The Bertz CT molecular complexity index is 464. The largest absolute Gasteiger partial charge is 0.395 e. The van der Waals surface area contributed by atoms with E-state index in [1.807, 2.05) is 0 Å². The van der Waals surface area contributed by atoms with Crippen LogP contribution < -0.4 is 11.1 Å². The number of carbonyl (C=O) groups is 1. The van der Waals surface area contributed by atoms with Gasteiger partial charge in [-0.3, -0.25) is 9.89 Å². The van der Waals surface area contributed by atoms with E-state index in [2.05, 4.69) is 36.3 Å². The van der Waals surface area contributed by atoms with Gasteiger partial charge in [-0.2, -0.15) is 5.10 Å². The molecule has 5 nitrogen and oxygen atoms in total. The highest BCUT2D eigenvalue weighted by molar-refractivity contribution is 5.97. The zero-order valence-corrected chi connectivity index (χ0v) is 12.0. The Kier molecular flexibility index (Phi) is 3.83. The summed E-state index contributed by atoms with van der Waals surface area (Å²) in [4.78, 5) is 12.3. The number of H-pyrrole nitrogens is 1. The number of anilines is 1. The van der Waals surface area contributed by atoms with Crippen molar-refractivity contribution in [1.29, 1.82) is 0 Å². The van der Waals surface area contributed by atoms with Crippen molar-refractivity contribution in [2.24, 2.45) is 5.41 Å². The highest BCUT2D eigenvalue weighted by Crippen LogP contribution is 2.37. The number of nitrogens with one attached hydrogen (secondary N) is 2. The Balaban J connectivity index is 2.08. The summed E-state index contributed by atoms with van der Waals surface area (Å²) in [5.74, 6) is -0.156. The SMILES string of the molecule is CCCc1[nH]nc(C(=O)NC2CCCC2(C)C)c1N. The summed E-state index contributed by atoms with van der Waals surface area (Å²) in [6.45, 7) is 6.46. The first-order valence-electron chi connectivity index (χ1n) is 7.09. The summed E-state index contributed by atoms with van der Waals surface area (Å²) < 4.78 is 0. The summed E-state index contributed by atoms with van der Waals surface area (Å²) in [7, 11) is 0. The summed E-state index contributed by atoms with van der Waals surface area (Å²) in [5.41, 5.74) is 7.83. The van der Waals surface area contributed by atoms with Crippen LogP contribution in [0.1, 0.15) is 62.6 Å². The molecule has 1 fully saturated rings. The molecule has 106 valence electrons. The molecule has 1 unspecified atom stereocenters. The zero-order valence-electron chi connectivity index (χ0n) is 12.0. The second-order valence-electron chi connectivity index (χ2n) is 6.12. The number of aromatic amines is 1. The fourth-order valence-corrected chi connectivity index (χ4v) is 2.82. The minimum Gasteiger partial charge on any atom is -0.395 e. The molecule has 1 saturated carbocycles. The van der Waals surface area contributed by atoms with Crippen molar-refractivity contribution in [2.45, 2.75) is 58.9 Å². The molecule has 1 aliphatic carbocycles. The molecule has 0 spiro atoms. The van der Waals surface area contributed by atoms with Gasteiger partial charge in [-0.05, 0) is 24.7 Å². The minimum atomic E-state index is -0.156. The van der Waals surface area contributed by atoms with Gasteiger partial charge in [-0.15, -0.1) is 0 Å². The highest BCUT2D eigenvalue weighted by Gasteiger charge is 2.36. The van der Waals surface area contributed by atoms with E-state index in [1.54, 1.807) is 0 Å². The molecule has 1 aliphatic rings. The molecule has 5 heteroatoms. The van der Waals surface area contributed by atoms with E-state index in [0.717, 1.165) is 37.8 Å². The van der Waals surface area contributed by atoms with Crippen LogP contribution in [0.4, 0.5) is 5.69 Å². The van der Waals surface area contributed by atoms with E-state index >= 15 is 0 Å². The van der Waals surface area contributed by atoms with Crippen LogP contribution >= 0.6 is 0 Å². The van der Waals surface area contributed by atoms with Crippen molar-refractivity contribution in [1.82, 2.24) is 15.5 Å². The lowest BCUT2D eigenvalue weighted by Crippen LogP contribution is -2.41. The van der Waals surface area contributed by atoms with Crippen LogP contribution in [-0.2, 0) is 6.42 Å². The van der Waals surface area contributed by atoms with Crippen LogP contribution in [0.3, 0.4) is 0 Å². The van der Waals surface area contributed by atoms with Gasteiger partial charge >= 0.3 is 0 Å². The smallest absolute Gasteiger partial charge is 0.274 e. The molecular weight excluding hydrogens is 240 g/mol. The number of nitrogen functional groups attached to an aromatic ring is 1. The number of hydrogen-bond donors (Lipinski definition) is 3. The van der Waals surface area contributed by atoms with Crippen molar-refractivity contribution >= 4 is 11.6 Å². The Morgan fingerprint density at radius 2 is 2.32 bits per heavy atom. The number of aromatic nitrogens is 2. The molecule has 1 heterocycles. The third-order valence-corrected chi connectivity index (χ3v) is 4.16. The lowest BCUT2D eigenvalue weighted by molar-refractivity contribution is 0.0906. The van der Waals surface area contributed by atoms with E-state index in [-0.39, 0.29) is 17.4 Å². The van der Waals surface area contributed by atoms with Gasteiger partial charge in [0.2, 0.25) is 0 Å². The van der Waals surface area contributed by atoms with E-state index < -0.39 is 0 Å². The normalized spacial score (nSPS) is 21.5. The average molecular weight is 264 g/mol. The van der Waals surface area contributed by atoms with Crippen molar-refractivity contribution in [3.05, 3.63) is 11.4 Å². The van der Waals surface area contributed by atoms with Crippen molar-refractivity contribution < 1.29 is 4.79 Å². The van der Waals surface area contributed by atoms with Gasteiger partial charge in [0.25, 0.3) is 5.91 Å². The predicted molar refractivity (Wildman–Crippen MR) is 75.9 cm³/mol. The number of hydrogen-bond acceptors (Lipinski definition) is 3. The lowest BCUT2D eigenvalue weighted by Gasteiger charge is -2.27. The molecule has 4 N–H and O–H groups in total. The van der Waals surface area contributed by atoms with E-state index in [1.165, 1.54) is 0 Å². The third kappa shape index (κ3) is 2.74. The van der Waals surface area contributed by atoms with Gasteiger partial charge < -0.3 is 11.1 Å². The van der Waals surface area contributed by atoms with Gasteiger partial charge in [0.05, 0.1) is 11.4 Å². The standard InChI is InChI=1S/C14H24N4O/c1-4-6-9-11(15)12(18-17-9)13(19)16-10-7-5-8-14(10,2)3/h10H,4-8,15H2,1-3H3,(H,16,19)(H,17,18). The van der Waals surface area contributed by atoms with Crippen LogP contribution in [-0.4, -0.2) is 22.1 Å². The Hall–Kier alpha value is -1.52. The van der Waals surface area contributed by atoms with Crippen molar-refractivity contribution in [3.63, 3.8) is 0 Å². The van der Waals surface area contributed by atoms with Crippen LogP contribution in [0.25, 0.3) is 0 Å². The molecular formula is C14H24N4O. The van der Waals surface area contributed by atoms with Crippen LogP contribution in [0.5, 0.6) is 0 Å². The maximum Gasteiger partial charge on any atom is 0.274 e. The Morgan fingerprint density at radius 3 is 2.89 bits per heavy atom. The van der Waals surface area contributed by atoms with Crippen LogP contribution in [0.2, 0.25) is 0 Å². The van der Waals surface area contributed by atoms with Gasteiger partial charge in [0.15, 0.2) is 5.69 Å². The topological polar surface area (TPSA) is 83.8 Å². The molecule has 1 amide bonds. The minimum absolute atomic E-state index is 0.156. The lowest BCUT2D eigenvalue weighted by atomic mass is 9.87. The maximum atomic E-state index is 12.3. The molecule has 0 saturated heterocycles. The molecule has 1 aromatic rings. The van der Waals surface area contributed by atoms with Gasteiger partial charge in [-0.25, -0.2) is 0 Å².